The highest BCUT2D eigenvalue weighted by Gasteiger charge is 2.45. The summed E-state index contributed by atoms with van der Waals surface area (Å²) >= 11 is 0. The van der Waals surface area contributed by atoms with Crippen molar-refractivity contribution in [2.45, 2.75) is 64.7 Å². The van der Waals surface area contributed by atoms with E-state index in [9.17, 15) is 19.5 Å². The van der Waals surface area contributed by atoms with Crippen LogP contribution in [0.4, 0.5) is 4.79 Å². The van der Waals surface area contributed by atoms with E-state index in [0.717, 1.165) is 41.3 Å². The van der Waals surface area contributed by atoms with Crippen molar-refractivity contribution in [1.29, 1.82) is 0 Å². The third-order valence-corrected chi connectivity index (χ3v) is 7.95. The van der Waals surface area contributed by atoms with Crippen molar-refractivity contribution in [3.63, 3.8) is 0 Å². The molecule has 1 atom stereocenters. The number of carbonyl (C=O) groups is 2. The van der Waals surface area contributed by atoms with Crippen molar-refractivity contribution in [2.24, 2.45) is 0 Å². The fraction of sp³-hybridized carbons (Fsp3) is 0.429. The molecule has 0 unspecified atom stereocenters. The number of aryl methyl sites for hydroxylation is 1. The lowest BCUT2D eigenvalue weighted by Crippen LogP contribution is -2.44. The molecule has 3 aliphatic heterocycles. The number of likely N-dealkylation sites (tertiary alicyclic amines) is 1. The summed E-state index contributed by atoms with van der Waals surface area (Å²) in [6.07, 6.45) is 3.55. The van der Waals surface area contributed by atoms with E-state index in [2.05, 4.69) is 0 Å². The second-order valence-corrected chi connectivity index (χ2v) is 9.97. The van der Waals surface area contributed by atoms with Crippen LogP contribution in [-0.2, 0) is 34.7 Å². The van der Waals surface area contributed by atoms with E-state index >= 15 is 0 Å². The number of rotatable bonds is 3. The minimum Gasteiger partial charge on any atom is -0.458 e. The molecule has 2 aromatic heterocycles. The van der Waals surface area contributed by atoms with Gasteiger partial charge in [-0.3, -0.25) is 4.79 Å². The number of pyridine rings is 2. The van der Waals surface area contributed by atoms with Gasteiger partial charge in [0.2, 0.25) is 0 Å². The van der Waals surface area contributed by atoms with Crippen LogP contribution in [0.1, 0.15) is 61.8 Å². The Balaban J connectivity index is 1.44. The lowest BCUT2D eigenvalue weighted by Gasteiger charge is -2.31. The summed E-state index contributed by atoms with van der Waals surface area (Å²) in [5.41, 5.74) is 2.37. The monoisotopic (exact) mass is 503 g/mol. The van der Waals surface area contributed by atoms with Crippen LogP contribution < -0.4 is 10.3 Å². The number of carbonyl (C=O) groups excluding carboxylic acids is 2. The van der Waals surface area contributed by atoms with Gasteiger partial charge in [0, 0.05) is 29.6 Å². The third-order valence-electron chi connectivity index (χ3n) is 7.95. The smallest absolute Gasteiger partial charge is 0.415 e. The van der Waals surface area contributed by atoms with Gasteiger partial charge in [-0.25, -0.2) is 14.6 Å². The van der Waals surface area contributed by atoms with Crippen LogP contribution in [0.5, 0.6) is 5.75 Å². The normalized spacial score (nSPS) is 20.3. The van der Waals surface area contributed by atoms with E-state index in [1.54, 1.807) is 28.5 Å². The highest BCUT2D eigenvalue weighted by Crippen LogP contribution is 2.40. The van der Waals surface area contributed by atoms with Crippen molar-refractivity contribution in [2.75, 3.05) is 13.1 Å². The summed E-state index contributed by atoms with van der Waals surface area (Å²) < 4.78 is 12.5. The zero-order chi connectivity index (χ0) is 25.9. The minimum absolute atomic E-state index is 0.0961. The molecule has 9 nitrogen and oxygen atoms in total. The first-order valence-electron chi connectivity index (χ1n) is 12.9. The molecule has 1 amide bonds. The summed E-state index contributed by atoms with van der Waals surface area (Å²) in [5.74, 6) is -0.274. The quantitative estimate of drug-likeness (QED) is 0.425. The van der Waals surface area contributed by atoms with Crippen LogP contribution in [-0.4, -0.2) is 44.7 Å². The predicted octanol–water partition coefficient (Wildman–Crippen LogP) is 3.63. The second kappa shape index (κ2) is 8.69. The van der Waals surface area contributed by atoms with Gasteiger partial charge < -0.3 is 24.0 Å². The molecule has 6 rings (SSSR count). The zero-order valence-electron chi connectivity index (χ0n) is 21.0. The lowest BCUT2D eigenvalue weighted by molar-refractivity contribution is -0.172. The van der Waals surface area contributed by atoms with Gasteiger partial charge in [0.15, 0.2) is 5.60 Å². The standard InChI is InChI=1S/C28H29N3O6/c1-3-17-18-12-16(37-27(34)30-10-6-5-7-11-30)8-9-22(18)29-24-19(17)14-31-23(24)13-21-20(25(31)32)15-36-26(33)28(21,35)4-2/h8-9,12-13,35H,3-7,10-11,14-15H2,1-2H3/t28-/m0/s1. The molecule has 0 radical (unpaired) electrons. The summed E-state index contributed by atoms with van der Waals surface area (Å²) in [7, 11) is 0. The van der Waals surface area contributed by atoms with E-state index in [1.807, 2.05) is 19.1 Å². The van der Waals surface area contributed by atoms with Crippen molar-refractivity contribution in [1.82, 2.24) is 14.5 Å². The predicted molar refractivity (Wildman–Crippen MR) is 135 cm³/mol. The van der Waals surface area contributed by atoms with Crippen LogP contribution in [0.3, 0.4) is 0 Å². The van der Waals surface area contributed by atoms with Gasteiger partial charge in [-0.15, -0.1) is 0 Å². The number of benzene rings is 1. The van der Waals surface area contributed by atoms with E-state index < -0.39 is 11.6 Å². The number of hydrogen-bond acceptors (Lipinski definition) is 7. The Bertz CT molecular complexity index is 1520. The SMILES string of the molecule is CCc1c2c(nc3ccc(OC(=O)N4CCCCC4)cc13)-c1cc3c(c(=O)n1C2)COC(=O)[C@]3(O)CC. The molecule has 192 valence electrons. The highest BCUT2D eigenvalue weighted by molar-refractivity contribution is 5.90. The van der Waals surface area contributed by atoms with Crippen molar-refractivity contribution in [3.05, 3.63) is 56.9 Å². The van der Waals surface area contributed by atoms with E-state index in [4.69, 9.17) is 14.5 Å². The number of ether oxygens (including phenoxy) is 2. The Morgan fingerprint density at radius 2 is 1.92 bits per heavy atom. The number of esters is 1. The van der Waals surface area contributed by atoms with Gasteiger partial charge in [-0.05, 0) is 61.9 Å². The number of aliphatic hydroxyl groups is 1. The molecule has 0 aliphatic carbocycles. The molecule has 0 saturated carbocycles. The molecule has 1 aromatic carbocycles. The molecule has 37 heavy (non-hydrogen) atoms. The molecule has 9 heteroatoms. The molecular weight excluding hydrogens is 474 g/mol. The molecular formula is C28H29N3O6. The Labute approximate surface area is 213 Å². The molecule has 5 heterocycles. The number of nitrogens with zero attached hydrogens (tertiary/aromatic N) is 3. The maximum absolute atomic E-state index is 13.5. The summed E-state index contributed by atoms with van der Waals surface area (Å²) in [6, 6.07) is 7.14. The maximum Gasteiger partial charge on any atom is 0.415 e. The van der Waals surface area contributed by atoms with Gasteiger partial charge >= 0.3 is 12.1 Å². The summed E-state index contributed by atoms with van der Waals surface area (Å²) in [5, 5.41) is 12.0. The highest BCUT2D eigenvalue weighted by atomic mass is 16.6. The van der Waals surface area contributed by atoms with Crippen LogP contribution >= 0.6 is 0 Å². The number of piperidine rings is 1. The third kappa shape index (κ3) is 3.55. The molecule has 0 bridgehead atoms. The Kier molecular flexibility index (Phi) is 5.56. The van der Waals surface area contributed by atoms with Gasteiger partial charge in [-0.1, -0.05) is 13.8 Å². The van der Waals surface area contributed by atoms with E-state index in [1.165, 1.54) is 0 Å². The summed E-state index contributed by atoms with van der Waals surface area (Å²) in [4.78, 5) is 45.2. The number of hydrogen-bond donors (Lipinski definition) is 1. The molecule has 0 spiro atoms. The molecule has 1 N–H and O–H groups in total. The Hall–Kier alpha value is -3.72. The van der Waals surface area contributed by atoms with Gasteiger partial charge in [0.05, 0.1) is 29.0 Å². The first-order chi connectivity index (χ1) is 17.9. The van der Waals surface area contributed by atoms with Crippen molar-refractivity contribution in [3.8, 4) is 17.1 Å². The fourth-order valence-corrected chi connectivity index (χ4v) is 5.85. The second-order valence-electron chi connectivity index (χ2n) is 9.97. The average molecular weight is 504 g/mol. The van der Waals surface area contributed by atoms with Gasteiger partial charge in [0.1, 0.15) is 12.4 Å². The Morgan fingerprint density at radius 3 is 2.65 bits per heavy atom. The number of fused-ring (bicyclic) bond motifs is 5. The minimum atomic E-state index is -1.86. The molecule has 1 saturated heterocycles. The number of amides is 1. The lowest BCUT2D eigenvalue weighted by atomic mass is 9.86. The van der Waals surface area contributed by atoms with Crippen LogP contribution in [0.15, 0.2) is 29.1 Å². The zero-order valence-corrected chi connectivity index (χ0v) is 21.0. The number of cyclic esters (lactones) is 1. The van der Waals surface area contributed by atoms with E-state index in [-0.39, 0.29) is 24.7 Å². The molecule has 1 fully saturated rings. The molecule has 3 aliphatic rings. The van der Waals surface area contributed by atoms with Gasteiger partial charge in [0.25, 0.3) is 5.56 Å². The van der Waals surface area contributed by atoms with Crippen LogP contribution in [0.2, 0.25) is 0 Å². The first kappa shape index (κ1) is 23.7. The largest absolute Gasteiger partial charge is 0.458 e. The average Bonchev–Trinajstić information content (AvgIpc) is 3.28. The molecule has 3 aromatic rings. The fourth-order valence-electron chi connectivity index (χ4n) is 5.85. The van der Waals surface area contributed by atoms with Gasteiger partial charge in [-0.2, -0.15) is 0 Å². The van der Waals surface area contributed by atoms with Crippen molar-refractivity contribution >= 4 is 23.0 Å². The van der Waals surface area contributed by atoms with E-state index in [0.29, 0.717) is 54.3 Å². The maximum atomic E-state index is 13.5. The topological polar surface area (TPSA) is 111 Å². The number of aromatic nitrogens is 2. The first-order valence-corrected chi connectivity index (χ1v) is 12.9. The Morgan fingerprint density at radius 1 is 1.14 bits per heavy atom. The van der Waals surface area contributed by atoms with Crippen LogP contribution in [0.25, 0.3) is 22.3 Å². The van der Waals surface area contributed by atoms with Crippen LogP contribution in [0, 0.1) is 0 Å². The summed E-state index contributed by atoms with van der Waals surface area (Å²) in [6.45, 7) is 5.32. The van der Waals surface area contributed by atoms with Crippen molar-refractivity contribution < 1.29 is 24.2 Å².